The van der Waals surface area contributed by atoms with Gasteiger partial charge in [-0.15, -0.1) is 0 Å². The highest BCUT2D eigenvalue weighted by molar-refractivity contribution is 7.98. The summed E-state index contributed by atoms with van der Waals surface area (Å²) in [5, 5.41) is 5.66. The topological polar surface area (TPSA) is 29.1 Å². The van der Waals surface area contributed by atoms with E-state index in [1.165, 1.54) is 27.5 Å². The lowest BCUT2D eigenvalue weighted by Gasteiger charge is -2.10. The number of thioether (sulfide) groups is 1. The SMILES string of the molecule is O=C(CCCSCc1ccccc1)Nc1ccc2c3c(cccc13)CC2. The number of rotatable bonds is 7. The Bertz CT molecular complexity index is 910. The second-order valence-electron chi connectivity index (χ2n) is 6.80. The van der Waals surface area contributed by atoms with E-state index in [0.29, 0.717) is 6.42 Å². The molecule has 1 N–H and O–H groups in total. The fourth-order valence-corrected chi connectivity index (χ4v) is 4.59. The summed E-state index contributed by atoms with van der Waals surface area (Å²) in [5.41, 5.74) is 5.11. The standard InChI is InChI=1S/C23H23NOS/c25-22(10-5-15-26-16-17-6-2-1-3-7-17)24-21-14-13-19-12-11-18-8-4-9-20(21)23(18)19/h1-4,6-9,13-14H,5,10-12,15-16H2,(H,24,25). The predicted molar refractivity (Wildman–Crippen MR) is 112 cm³/mol. The zero-order valence-electron chi connectivity index (χ0n) is 14.8. The van der Waals surface area contributed by atoms with E-state index >= 15 is 0 Å². The fraction of sp³-hybridized carbons (Fsp3) is 0.261. The summed E-state index contributed by atoms with van der Waals surface area (Å²) in [7, 11) is 0. The van der Waals surface area contributed by atoms with Gasteiger partial charge in [0.25, 0.3) is 0 Å². The molecule has 26 heavy (non-hydrogen) atoms. The average Bonchev–Trinajstić information content (AvgIpc) is 3.09. The van der Waals surface area contributed by atoms with Gasteiger partial charge in [-0.2, -0.15) is 11.8 Å². The van der Waals surface area contributed by atoms with Crippen LogP contribution in [0.15, 0.2) is 60.7 Å². The minimum Gasteiger partial charge on any atom is -0.326 e. The minimum atomic E-state index is 0.115. The van der Waals surface area contributed by atoms with Crippen LogP contribution in [0.2, 0.25) is 0 Å². The van der Waals surface area contributed by atoms with Crippen molar-refractivity contribution in [1.82, 2.24) is 0 Å². The first-order chi connectivity index (χ1) is 12.8. The number of amides is 1. The van der Waals surface area contributed by atoms with Gasteiger partial charge in [-0.25, -0.2) is 0 Å². The minimum absolute atomic E-state index is 0.115. The molecule has 0 heterocycles. The van der Waals surface area contributed by atoms with Crippen molar-refractivity contribution in [2.24, 2.45) is 0 Å². The fourth-order valence-electron chi connectivity index (χ4n) is 3.67. The molecule has 132 valence electrons. The van der Waals surface area contributed by atoms with Crippen molar-refractivity contribution in [2.45, 2.75) is 31.4 Å². The van der Waals surface area contributed by atoms with Gasteiger partial charge < -0.3 is 5.32 Å². The van der Waals surface area contributed by atoms with Crippen LogP contribution >= 0.6 is 11.8 Å². The van der Waals surface area contributed by atoms with Gasteiger partial charge in [0.2, 0.25) is 5.91 Å². The largest absolute Gasteiger partial charge is 0.326 e. The number of carbonyl (C=O) groups excluding carboxylic acids is 1. The van der Waals surface area contributed by atoms with Gasteiger partial charge in [-0.3, -0.25) is 4.79 Å². The van der Waals surface area contributed by atoms with Crippen LogP contribution in [-0.4, -0.2) is 11.7 Å². The van der Waals surface area contributed by atoms with Crippen LogP contribution in [0, 0.1) is 0 Å². The summed E-state index contributed by atoms with van der Waals surface area (Å²) in [5.74, 6) is 2.13. The molecule has 0 radical (unpaired) electrons. The zero-order chi connectivity index (χ0) is 17.8. The Morgan fingerprint density at radius 1 is 0.923 bits per heavy atom. The lowest BCUT2D eigenvalue weighted by molar-refractivity contribution is -0.116. The molecule has 3 aromatic carbocycles. The summed E-state index contributed by atoms with van der Waals surface area (Å²) in [4.78, 5) is 12.4. The molecule has 3 heteroatoms. The van der Waals surface area contributed by atoms with Gasteiger partial charge in [0.05, 0.1) is 0 Å². The van der Waals surface area contributed by atoms with Gasteiger partial charge in [-0.05, 0) is 53.2 Å². The number of nitrogens with one attached hydrogen (secondary N) is 1. The molecule has 0 aromatic heterocycles. The first kappa shape index (κ1) is 17.2. The molecule has 0 aliphatic heterocycles. The summed E-state index contributed by atoms with van der Waals surface area (Å²) in [6.45, 7) is 0. The van der Waals surface area contributed by atoms with Crippen molar-refractivity contribution in [2.75, 3.05) is 11.1 Å². The van der Waals surface area contributed by atoms with E-state index in [0.717, 1.165) is 36.5 Å². The third-order valence-corrected chi connectivity index (χ3v) is 6.07. The number of aryl methyl sites for hydroxylation is 2. The van der Waals surface area contributed by atoms with E-state index in [1.807, 2.05) is 17.8 Å². The van der Waals surface area contributed by atoms with Crippen molar-refractivity contribution in [1.29, 1.82) is 0 Å². The van der Waals surface area contributed by atoms with E-state index < -0.39 is 0 Å². The maximum absolute atomic E-state index is 12.4. The van der Waals surface area contributed by atoms with E-state index in [1.54, 1.807) is 0 Å². The van der Waals surface area contributed by atoms with Crippen molar-refractivity contribution in [3.8, 4) is 0 Å². The lowest BCUT2D eigenvalue weighted by atomic mass is 10.0. The Balaban J connectivity index is 1.30. The molecule has 0 atom stereocenters. The second-order valence-corrected chi connectivity index (χ2v) is 7.91. The van der Waals surface area contributed by atoms with E-state index in [4.69, 9.17) is 0 Å². The monoisotopic (exact) mass is 361 g/mol. The van der Waals surface area contributed by atoms with E-state index in [2.05, 4.69) is 59.9 Å². The van der Waals surface area contributed by atoms with Crippen LogP contribution < -0.4 is 5.32 Å². The molecule has 1 aliphatic rings. The van der Waals surface area contributed by atoms with E-state index in [9.17, 15) is 4.79 Å². The number of hydrogen-bond acceptors (Lipinski definition) is 2. The highest BCUT2D eigenvalue weighted by atomic mass is 32.2. The van der Waals surface area contributed by atoms with Crippen LogP contribution in [0.5, 0.6) is 0 Å². The molecule has 2 nitrogen and oxygen atoms in total. The molecule has 3 aromatic rings. The molecule has 0 bridgehead atoms. The lowest BCUT2D eigenvalue weighted by Crippen LogP contribution is -2.11. The third kappa shape index (κ3) is 3.78. The van der Waals surface area contributed by atoms with Gasteiger partial charge in [0.1, 0.15) is 0 Å². The number of anilines is 1. The van der Waals surface area contributed by atoms with Gasteiger partial charge >= 0.3 is 0 Å². The van der Waals surface area contributed by atoms with Crippen molar-refractivity contribution in [3.63, 3.8) is 0 Å². The van der Waals surface area contributed by atoms with Crippen molar-refractivity contribution >= 4 is 34.1 Å². The summed E-state index contributed by atoms with van der Waals surface area (Å²) < 4.78 is 0. The number of benzene rings is 3. The Hall–Kier alpha value is -2.26. The molecule has 0 spiro atoms. The summed E-state index contributed by atoms with van der Waals surface area (Å²) in [6, 6.07) is 21.1. The smallest absolute Gasteiger partial charge is 0.224 e. The molecule has 0 unspecified atom stereocenters. The number of hydrogen-bond donors (Lipinski definition) is 1. The molecule has 1 amide bonds. The quantitative estimate of drug-likeness (QED) is 0.556. The first-order valence-electron chi connectivity index (χ1n) is 9.26. The first-order valence-corrected chi connectivity index (χ1v) is 10.4. The molecular formula is C23H23NOS. The molecular weight excluding hydrogens is 338 g/mol. The van der Waals surface area contributed by atoms with E-state index in [-0.39, 0.29) is 5.91 Å². The highest BCUT2D eigenvalue weighted by Crippen LogP contribution is 2.35. The maximum atomic E-state index is 12.4. The Morgan fingerprint density at radius 3 is 2.58 bits per heavy atom. The van der Waals surface area contributed by atoms with Gasteiger partial charge in [0, 0.05) is 23.2 Å². The van der Waals surface area contributed by atoms with Crippen LogP contribution in [-0.2, 0) is 23.4 Å². The predicted octanol–water partition coefficient (Wildman–Crippen LogP) is 5.59. The molecule has 4 rings (SSSR count). The zero-order valence-corrected chi connectivity index (χ0v) is 15.6. The molecule has 0 saturated carbocycles. The number of carbonyl (C=O) groups is 1. The Labute approximate surface area is 159 Å². The third-order valence-electron chi connectivity index (χ3n) is 4.96. The van der Waals surface area contributed by atoms with Gasteiger partial charge in [0.15, 0.2) is 0 Å². The Kier molecular flexibility index (Phi) is 5.26. The van der Waals surface area contributed by atoms with Crippen LogP contribution in [0.25, 0.3) is 10.8 Å². The summed E-state index contributed by atoms with van der Waals surface area (Å²) in [6.07, 6.45) is 3.71. The van der Waals surface area contributed by atoms with Crippen molar-refractivity contribution < 1.29 is 4.79 Å². The second kappa shape index (κ2) is 7.96. The van der Waals surface area contributed by atoms with Gasteiger partial charge in [-0.1, -0.05) is 54.6 Å². The normalized spacial score (nSPS) is 12.5. The van der Waals surface area contributed by atoms with Crippen LogP contribution in [0.4, 0.5) is 5.69 Å². The summed E-state index contributed by atoms with van der Waals surface area (Å²) >= 11 is 1.89. The van der Waals surface area contributed by atoms with Crippen LogP contribution in [0.3, 0.4) is 0 Å². The Morgan fingerprint density at radius 2 is 1.73 bits per heavy atom. The molecule has 0 saturated heterocycles. The average molecular weight is 362 g/mol. The van der Waals surface area contributed by atoms with Crippen LogP contribution in [0.1, 0.15) is 29.5 Å². The maximum Gasteiger partial charge on any atom is 0.224 e. The molecule has 1 aliphatic carbocycles. The van der Waals surface area contributed by atoms with Crippen molar-refractivity contribution in [3.05, 3.63) is 77.4 Å². The highest BCUT2D eigenvalue weighted by Gasteiger charge is 2.16. The molecule has 0 fully saturated rings.